The lowest BCUT2D eigenvalue weighted by atomic mass is 9.85. The highest BCUT2D eigenvalue weighted by Gasteiger charge is 2.52. The van der Waals surface area contributed by atoms with Gasteiger partial charge in [0.25, 0.3) is 5.91 Å². The number of nitrogens with zero attached hydrogens (tertiary/aromatic N) is 1. The maximum atomic E-state index is 13.3. The third-order valence-electron chi connectivity index (χ3n) is 5.76. The molecule has 1 heterocycles. The third kappa shape index (κ3) is 4.93. The molecule has 0 radical (unpaired) electrons. The van der Waals surface area contributed by atoms with Gasteiger partial charge in [-0.15, -0.1) is 0 Å². The summed E-state index contributed by atoms with van der Waals surface area (Å²) in [4.78, 5) is 39.6. The van der Waals surface area contributed by atoms with Crippen molar-refractivity contribution in [1.82, 2.24) is 10.2 Å². The van der Waals surface area contributed by atoms with Crippen molar-refractivity contribution in [2.75, 3.05) is 11.9 Å². The van der Waals surface area contributed by atoms with Crippen molar-refractivity contribution in [1.29, 1.82) is 0 Å². The Morgan fingerprint density at radius 3 is 2.24 bits per heavy atom. The Hall–Kier alpha value is -4.13. The second kappa shape index (κ2) is 10.2. The van der Waals surface area contributed by atoms with E-state index in [1.807, 2.05) is 67.6 Å². The fourth-order valence-electron chi connectivity index (χ4n) is 4.10. The summed E-state index contributed by atoms with van der Waals surface area (Å²) in [6.45, 7) is 2.03. The van der Waals surface area contributed by atoms with Crippen molar-refractivity contribution < 1.29 is 19.1 Å². The van der Waals surface area contributed by atoms with Crippen LogP contribution in [0, 0.1) is 0 Å². The van der Waals surface area contributed by atoms with E-state index in [-0.39, 0.29) is 6.54 Å². The zero-order valence-corrected chi connectivity index (χ0v) is 19.0. The van der Waals surface area contributed by atoms with Gasteiger partial charge < -0.3 is 15.4 Å². The summed E-state index contributed by atoms with van der Waals surface area (Å²) in [5.41, 5.74) is 1.17. The Morgan fingerprint density at radius 2 is 1.59 bits per heavy atom. The molecule has 1 aliphatic heterocycles. The summed E-state index contributed by atoms with van der Waals surface area (Å²) >= 11 is 0. The van der Waals surface area contributed by atoms with Crippen LogP contribution >= 0.6 is 0 Å². The first-order valence-electron chi connectivity index (χ1n) is 11.3. The van der Waals surface area contributed by atoms with Gasteiger partial charge in [0, 0.05) is 5.69 Å². The normalized spacial score (nSPS) is 17.4. The van der Waals surface area contributed by atoms with Crippen LogP contribution in [0.25, 0.3) is 0 Å². The number of nitrogens with one attached hydrogen (secondary N) is 2. The van der Waals surface area contributed by atoms with Crippen molar-refractivity contribution in [2.24, 2.45) is 0 Å². The molecule has 4 amide bonds. The second-order valence-electron chi connectivity index (χ2n) is 8.19. The van der Waals surface area contributed by atoms with Gasteiger partial charge in [-0.05, 0) is 41.8 Å². The lowest BCUT2D eigenvalue weighted by Gasteiger charge is -2.26. The van der Waals surface area contributed by atoms with Gasteiger partial charge in [0.05, 0.1) is 0 Å². The molecule has 0 aliphatic carbocycles. The van der Waals surface area contributed by atoms with Crippen LogP contribution in [0.3, 0.4) is 0 Å². The van der Waals surface area contributed by atoms with Crippen molar-refractivity contribution >= 4 is 23.5 Å². The summed E-state index contributed by atoms with van der Waals surface area (Å²) in [5, 5.41) is 5.57. The minimum Gasteiger partial charge on any atom is -0.489 e. The summed E-state index contributed by atoms with van der Waals surface area (Å²) in [6, 6.07) is 25.4. The molecule has 34 heavy (non-hydrogen) atoms. The van der Waals surface area contributed by atoms with Gasteiger partial charge in [0.2, 0.25) is 5.91 Å². The van der Waals surface area contributed by atoms with Gasteiger partial charge in [-0.2, -0.15) is 0 Å². The topological polar surface area (TPSA) is 87.7 Å². The molecule has 3 aromatic carbocycles. The number of hydrogen-bond acceptors (Lipinski definition) is 4. The summed E-state index contributed by atoms with van der Waals surface area (Å²) < 4.78 is 5.76. The molecular formula is C27H27N3O4. The van der Waals surface area contributed by atoms with Crippen LogP contribution in [0.5, 0.6) is 5.75 Å². The van der Waals surface area contributed by atoms with E-state index >= 15 is 0 Å². The molecular weight excluding hydrogens is 430 g/mol. The van der Waals surface area contributed by atoms with Crippen molar-refractivity contribution in [3.8, 4) is 5.75 Å². The average molecular weight is 458 g/mol. The Bertz CT molecular complexity index is 1150. The summed E-state index contributed by atoms with van der Waals surface area (Å²) in [5.74, 6) is -0.199. The molecule has 7 heteroatoms. The first-order valence-corrected chi connectivity index (χ1v) is 11.3. The standard InChI is InChI=1S/C27H27N3O4/c1-2-17-27(21-11-7-4-8-12-21)25(32)30(26(33)29-27)18-24(31)28-22-13-15-23(16-14-22)34-19-20-9-5-3-6-10-20/h3-16H,2,17-19H2,1H3,(H,28,31)(H,29,33)/t27-/m0/s1. The average Bonchev–Trinajstić information content (AvgIpc) is 3.10. The second-order valence-corrected chi connectivity index (χ2v) is 8.19. The molecule has 2 N–H and O–H groups in total. The highest BCUT2D eigenvalue weighted by atomic mass is 16.5. The fraction of sp³-hybridized carbons (Fsp3) is 0.222. The zero-order chi connectivity index (χ0) is 24.0. The van der Waals surface area contributed by atoms with Crippen LogP contribution in [0.15, 0.2) is 84.9 Å². The highest BCUT2D eigenvalue weighted by Crippen LogP contribution is 2.33. The van der Waals surface area contributed by atoms with Gasteiger partial charge in [-0.3, -0.25) is 14.5 Å². The molecule has 1 aliphatic rings. The number of anilines is 1. The quantitative estimate of drug-likeness (QED) is 0.465. The Balaban J connectivity index is 1.38. The molecule has 0 unspecified atom stereocenters. The van der Waals surface area contributed by atoms with Crippen molar-refractivity contribution in [3.63, 3.8) is 0 Å². The monoisotopic (exact) mass is 457 g/mol. The van der Waals surface area contributed by atoms with E-state index in [1.165, 1.54) is 0 Å². The molecule has 4 rings (SSSR count). The Morgan fingerprint density at radius 1 is 0.941 bits per heavy atom. The predicted octanol–water partition coefficient (Wildman–Crippen LogP) is 4.45. The molecule has 0 bridgehead atoms. The number of imide groups is 1. The number of ether oxygens (including phenoxy) is 1. The van der Waals surface area contributed by atoms with Crippen LogP contribution in [-0.2, 0) is 21.7 Å². The lowest BCUT2D eigenvalue weighted by molar-refractivity contribution is -0.134. The third-order valence-corrected chi connectivity index (χ3v) is 5.76. The number of benzene rings is 3. The van der Waals surface area contributed by atoms with Gasteiger partial charge >= 0.3 is 6.03 Å². The number of hydrogen-bond donors (Lipinski definition) is 2. The van der Waals surface area contributed by atoms with E-state index in [0.29, 0.717) is 36.4 Å². The van der Waals surface area contributed by atoms with E-state index < -0.39 is 23.4 Å². The lowest BCUT2D eigenvalue weighted by Crippen LogP contribution is -2.44. The van der Waals surface area contributed by atoms with E-state index in [1.54, 1.807) is 24.3 Å². The number of carbonyl (C=O) groups is 3. The number of amides is 4. The van der Waals surface area contributed by atoms with E-state index in [9.17, 15) is 14.4 Å². The van der Waals surface area contributed by atoms with E-state index in [2.05, 4.69) is 10.6 Å². The Labute approximate surface area is 198 Å². The smallest absolute Gasteiger partial charge is 0.325 e. The zero-order valence-electron chi connectivity index (χ0n) is 19.0. The van der Waals surface area contributed by atoms with Crippen LogP contribution in [0.2, 0.25) is 0 Å². The highest BCUT2D eigenvalue weighted by molar-refractivity contribution is 6.10. The van der Waals surface area contributed by atoms with Gasteiger partial charge in [0.15, 0.2) is 0 Å². The summed E-state index contributed by atoms with van der Waals surface area (Å²) in [7, 11) is 0. The Kier molecular flexibility index (Phi) is 6.92. The predicted molar refractivity (Wildman–Crippen MR) is 129 cm³/mol. The minimum atomic E-state index is -1.15. The molecule has 0 spiro atoms. The molecule has 0 saturated carbocycles. The van der Waals surface area contributed by atoms with Crippen LogP contribution in [0.4, 0.5) is 10.5 Å². The first kappa shape index (κ1) is 23.0. The number of carbonyl (C=O) groups excluding carboxylic acids is 3. The molecule has 1 saturated heterocycles. The van der Waals surface area contributed by atoms with Gasteiger partial charge in [0.1, 0.15) is 24.4 Å². The molecule has 7 nitrogen and oxygen atoms in total. The molecule has 174 valence electrons. The van der Waals surface area contributed by atoms with Crippen molar-refractivity contribution in [2.45, 2.75) is 31.9 Å². The largest absolute Gasteiger partial charge is 0.489 e. The van der Waals surface area contributed by atoms with Crippen molar-refractivity contribution in [3.05, 3.63) is 96.1 Å². The maximum Gasteiger partial charge on any atom is 0.325 e. The molecule has 1 atom stereocenters. The number of urea groups is 1. The van der Waals surface area contributed by atoms with Crippen LogP contribution < -0.4 is 15.4 Å². The molecule has 3 aromatic rings. The minimum absolute atomic E-state index is 0.366. The fourth-order valence-corrected chi connectivity index (χ4v) is 4.10. The SMILES string of the molecule is CCC[C@@]1(c2ccccc2)NC(=O)N(CC(=O)Nc2ccc(OCc3ccccc3)cc2)C1=O. The van der Waals surface area contributed by atoms with Gasteiger partial charge in [-0.1, -0.05) is 74.0 Å². The molecule has 1 fully saturated rings. The van der Waals surface area contributed by atoms with Crippen LogP contribution in [0.1, 0.15) is 30.9 Å². The molecule has 0 aromatic heterocycles. The van der Waals surface area contributed by atoms with Crippen LogP contribution in [-0.4, -0.2) is 29.3 Å². The maximum absolute atomic E-state index is 13.3. The first-order chi connectivity index (χ1) is 16.5. The van der Waals surface area contributed by atoms with E-state index in [0.717, 1.165) is 10.5 Å². The number of rotatable bonds is 9. The van der Waals surface area contributed by atoms with Gasteiger partial charge in [-0.25, -0.2) is 4.79 Å². The summed E-state index contributed by atoms with van der Waals surface area (Å²) in [6.07, 6.45) is 1.14. The van der Waals surface area contributed by atoms with E-state index in [4.69, 9.17) is 4.74 Å².